The third-order valence-electron chi connectivity index (χ3n) is 5.22. The topological polar surface area (TPSA) is 45.7 Å². The number of benzene rings is 1. The molecular formula is C22H29N3O2. The van der Waals surface area contributed by atoms with Crippen molar-refractivity contribution in [2.24, 2.45) is 0 Å². The molecule has 1 aliphatic heterocycles. The molecule has 1 aliphatic rings. The second-order valence-electron chi connectivity index (χ2n) is 7.32. The van der Waals surface area contributed by atoms with E-state index in [-0.39, 0.29) is 12.0 Å². The summed E-state index contributed by atoms with van der Waals surface area (Å²) >= 11 is 0. The van der Waals surface area contributed by atoms with Crippen molar-refractivity contribution in [3.05, 3.63) is 59.3 Å². The summed E-state index contributed by atoms with van der Waals surface area (Å²) in [5.41, 5.74) is 3.79. The Balaban J connectivity index is 1.72. The highest BCUT2D eigenvalue weighted by molar-refractivity contribution is 5.65. The predicted octanol–water partition coefficient (Wildman–Crippen LogP) is 3.34. The number of nitrogens with zero attached hydrogens (tertiary/aromatic N) is 3. The fourth-order valence-electron chi connectivity index (χ4n) is 3.56. The van der Waals surface area contributed by atoms with Gasteiger partial charge in [0.05, 0.1) is 6.61 Å². The molecule has 0 radical (unpaired) electrons. The number of aryl methyl sites for hydroxylation is 2. The lowest BCUT2D eigenvalue weighted by atomic mass is 10.1. The van der Waals surface area contributed by atoms with Gasteiger partial charge < -0.3 is 9.64 Å². The number of aromatic nitrogens is 1. The van der Waals surface area contributed by atoms with E-state index >= 15 is 0 Å². The molecule has 1 atom stereocenters. The summed E-state index contributed by atoms with van der Waals surface area (Å²) in [6.07, 6.45) is 2.75. The number of esters is 1. The van der Waals surface area contributed by atoms with Crippen molar-refractivity contribution in [1.82, 2.24) is 9.88 Å². The van der Waals surface area contributed by atoms with Crippen LogP contribution >= 0.6 is 0 Å². The van der Waals surface area contributed by atoms with Gasteiger partial charge in [-0.25, -0.2) is 4.98 Å². The SMILES string of the molecule is CC(=O)OCC[C@H]1CN(Cc2ccccc2)CCN1c1cc(C)c(C)cn1. The van der Waals surface area contributed by atoms with E-state index < -0.39 is 0 Å². The lowest BCUT2D eigenvalue weighted by Gasteiger charge is -2.42. The Kier molecular flexibility index (Phi) is 6.45. The molecule has 0 bridgehead atoms. The summed E-state index contributed by atoms with van der Waals surface area (Å²) < 4.78 is 5.22. The fourth-order valence-corrected chi connectivity index (χ4v) is 3.56. The summed E-state index contributed by atoms with van der Waals surface area (Å²) in [4.78, 5) is 20.7. The Morgan fingerprint density at radius 1 is 1.19 bits per heavy atom. The van der Waals surface area contributed by atoms with Crippen LogP contribution in [-0.2, 0) is 16.1 Å². The van der Waals surface area contributed by atoms with Gasteiger partial charge in [0, 0.05) is 51.8 Å². The monoisotopic (exact) mass is 367 g/mol. The van der Waals surface area contributed by atoms with Gasteiger partial charge in [0.2, 0.25) is 0 Å². The van der Waals surface area contributed by atoms with Crippen LogP contribution in [0.15, 0.2) is 42.6 Å². The molecule has 144 valence electrons. The second kappa shape index (κ2) is 9.00. The first kappa shape index (κ1) is 19.4. The number of hydrogen-bond acceptors (Lipinski definition) is 5. The van der Waals surface area contributed by atoms with Crippen molar-refractivity contribution in [3.8, 4) is 0 Å². The molecule has 1 aromatic heterocycles. The molecule has 27 heavy (non-hydrogen) atoms. The van der Waals surface area contributed by atoms with Crippen LogP contribution in [0.4, 0.5) is 5.82 Å². The van der Waals surface area contributed by atoms with Crippen LogP contribution in [-0.4, -0.2) is 48.1 Å². The van der Waals surface area contributed by atoms with Crippen LogP contribution in [0.25, 0.3) is 0 Å². The molecule has 0 N–H and O–H groups in total. The second-order valence-corrected chi connectivity index (χ2v) is 7.32. The van der Waals surface area contributed by atoms with E-state index in [1.807, 2.05) is 6.20 Å². The number of rotatable bonds is 6. The van der Waals surface area contributed by atoms with E-state index in [4.69, 9.17) is 4.74 Å². The van der Waals surface area contributed by atoms with Crippen LogP contribution in [0.1, 0.15) is 30.0 Å². The van der Waals surface area contributed by atoms with Gasteiger partial charge in [0.15, 0.2) is 0 Å². The Hall–Kier alpha value is -2.40. The molecule has 0 aliphatic carbocycles. The number of pyridine rings is 1. The molecule has 0 spiro atoms. The molecule has 1 fully saturated rings. The van der Waals surface area contributed by atoms with Crippen molar-refractivity contribution < 1.29 is 9.53 Å². The summed E-state index contributed by atoms with van der Waals surface area (Å²) in [5.74, 6) is 0.799. The van der Waals surface area contributed by atoms with Crippen molar-refractivity contribution in [2.45, 2.75) is 39.8 Å². The minimum Gasteiger partial charge on any atom is -0.466 e. The van der Waals surface area contributed by atoms with Crippen molar-refractivity contribution in [2.75, 3.05) is 31.1 Å². The highest BCUT2D eigenvalue weighted by Gasteiger charge is 2.28. The minimum atomic E-state index is -0.220. The highest BCUT2D eigenvalue weighted by Crippen LogP contribution is 2.23. The fraction of sp³-hybridized carbons (Fsp3) is 0.455. The lowest BCUT2D eigenvalue weighted by Crippen LogP contribution is -2.53. The van der Waals surface area contributed by atoms with Gasteiger partial charge in [-0.1, -0.05) is 30.3 Å². The van der Waals surface area contributed by atoms with Crippen LogP contribution in [0.3, 0.4) is 0 Å². The number of piperazine rings is 1. The summed E-state index contributed by atoms with van der Waals surface area (Å²) in [7, 11) is 0. The summed E-state index contributed by atoms with van der Waals surface area (Å²) in [6.45, 7) is 9.92. The van der Waals surface area contributed by atoms with Crippen molar-refractivity contribution in [1.29, 1.82) is 0 Å². The van der Waals surface area contributed by atoms with E-state index in [1.165, 1.54) is 23.6 Å². The van der Waals surface area contributed by atoms with E-state index in [0.717, 1.165) is 38.4 Å². The average Bonchev–Trinajstić information content (AvgIpc) is 2.65. The molecule has 1 aromatic carbocycles. The van der Waals surface area contributed by atoms with Gasteiger partial charge >= 0.3 is 5.97 Å². The smallest absolute Gasteiger partial charge is 0.302 e. The largest absolute Gasteiger partial charge is 0.466 e. The van der Waals surface area contributed by atoms with E-state index in [1.54, 1.807) is 0 Å². The maximum Gasteiger partial charge on any atom is 0.302 e. The van der Waals surface area contributed by atoms with Gasteiger partial charge in [0.25, 0.3) is 0 Å². The van der Waals surface area contributed by atoms with Gasteiger partial charge in [-0.15, -0.1) is 0 Å². The van der Waals surface area contributed by atoms with Gasteiger partial charge in [-0.3, -0.25) is 9.69 Å². The molecule has 2 heterocycles. The van der Waals surface area contributed by atoms with Crippen LogP contribution in [0.5, 0.6) is 0 Å². The maximum atomic E-state index is 11.2. The standard InChI is InChI=1S/C22H29N3O2/c1-17-13-22(23-14-18(17)2)25-11-10-24(15-20-7-5-4-6-8-20)16-21(25)9-12-27-19(3)26/h4-8,13-14,21H,9-12,15-16H2,1-3H3/t21-/m0/s1. The Labute approximate surface area is 162 Å². The first-order chi connectivity index (χ1) is 13.0. The zero-order chi connectivity index (χ0) is 19.2. The van der Waals surface area contributed by atoms with Crippen molar-refractivity contribution in [3.63, 3.8) is 0 Å². The molecule has 3 rings (SSSR count). The molecule has 0 saturated carbocycles. The molecular weight excluding hydrogens is 338 g/mol. The number of carbonyl (C=O) groups is 1. The third-order valence-corrected chi connectivity index (χ3v) is 5.22. The number of hydrogen-bond donors (Lipinski definition) is 0. The van der Waals surface area contributed by atoms with Crippen molar-refractivity contribution >= 4 is 11.8 Å². The molecule has 0 unspecified atom stereocenters. The summed E-state index contributed by atoms with van der Waals surface area (Å²) in [6, 6.07) is 13.0. The van der Waals surface area contributed by atoms with Crippen LogP contribution < -0.4 is 4.90 Å². The predicted molar refractivity (Wildman–Crippen MR) is 108 cm³/mol. The van der Waals surface area contributed by atoms with Gasteiger partial charge in [0.1, 0.15) is 5.82 Å². The maximum absolute atomic E-state index is 11.2. The van der Waals surface area contributed by atoms with E-state index in [9.17, 15) is 4.79 Å². The van der Waals surface area contributed by atoms with Gasteiger partial charge in [-0.2, -0.15) is 0 Å². The normalized spacial score (nSPS) is 17.7. The summed E-state index contributed by atoms with van der Waals surface area (Å²) in [5, 5.41) is 0. The zero-order valence-corrected chi connectivity index (χ0v) is 16.5. The first-order valence-corrected chi connectivity index (χ1v) is 9.62. The molecule has 5 heteroatoms. The first-order valence-electron chi connectivity index (χ1n) is 9.62. The Bertz CT molecular complexity index is 763. The highest BCUT2D eigenvalue weighted by atomic mass is 16.5. The number of anilines is 1. The zero-order valence-electron chi connectivity index (χ0n) is 16.5. The molecule has 1 saturated heterocycles. The molecule has 0 amide bonds. The van der Waals surface area contributed by atoms with E-state index in [0.29, 0.717) is 6.61 Å². The minimum absolute atomic E-state index is 0.220. The number of ether oxygens (including phenoxy) is 1. The Morgan fingerprint density at radius 3 is 2.67 bits per heavy atom. The van der Waals surface area contributed by atoms with Crippen LogP contribution in [0, 0.1) is 13.8 Å². The van der Waals surface area contributed by atoms with Crippen LogP contribution in [0.2, 0.25) is 0 Å². The van der Waals surface area contributed by atoms with E-state index in [2.05, 4.69) is 65.0 Å². The molecule has 2 aromatic rings. The van der Waals surface area contributed by atoms with Gasteiger partial charge in [-0.05, 0) is 36.6 Å². The third kappa shape index (κ3) is 5.30. The number of carbonyl (C=O) groups excluding carboxylic acids is 1. The quantitative estimate of drug-likeness (QED) is 0.733. The average molecular weight is 367 g/mol. The lowest BCUT2D eigenvalue weighted by molar-refractivity contribution is -0.141. The molecule has 5 nitrogen and oxygen atoms in total. The Morgan fingerprint density at radius 2 is 1.96 bits per heavy atom.